The first-order chi connectivity index (χ1) is 6.97. The fraction of sp³-hybridized carbons (Fsp3) is 0.625. The molecule has 1 unspecified atom stereocenters. The first-order valence-corrected chi connectivity index (χ1v) is 4.89. The highest BCUT2D eigenvalue weighted by molar-refractivity contribution is 6.27. The summed E-state index contributed by atoms with van der Waals surface area (Å²) in [6.45, 7) is 0. The number of halogens is 1. The molecule has 1 heterocycles. The van der Waals surface area contributed by atoms with Crippen molar-refractivity contribution in [3.05, 3.63) is 0 Å². The van der Waals surface area contributed by atoms with Crippen LogP contribution in [-0.4, -0.2) is 53.8 Å². The zero-order valence-corrected chi connectivity index (χ0v) is 9.24. The molecule has 0 aliphatic carbocycles. The van der Waals surface area contributed by atoms with E-state index in [4.69, 9.17) is 11.6 Å². The summed E-state index contributed by atoms with van der Waals surface area (Å²) in [5.41, 5.74) is 0. The molecule has 1 atom stereocenters. The lowest BCUT2D eigenvalue weighted by Crippen LogP contribution is -2.59. The van der Waals surface area contributed by atoms with E-state index < -0.39 is 18.1 Å². The smallest absolute Gasteiger partial charge is 0.327 e. The lowest BCUT2D eigenvalue weighted by molar-refractivity contribution is -0.132. The van der Waals surface area contributed by atoms with Crippen LogP contribution in [0, 0.1) is 0 Å². The number of rotatable bonds is 2. The van der Waals surface area contributed by atoms with Crippen molar-refractivity contribution in [2.75, 3.05) is 20.0 Å². The van der Waals surface area contributed by atoms with Gasteiger partial charge in [0.15, 0.2) is 0 Å². The number of imide groups is 1. The Balaban J connectivity index is 2.71. The van der Waals surface area contributed by atoms with Gasteiger partial charge in [-0.3, -0.25) is 14.5 Å². The van der Waals surface area contributed by atoms with Crippen molar-refractivity contribution < 1.29 is 14.4 Å². The Morgan fingerprint density at radius 1 is 1.53 bits per heavy atom. The first kappa shape index (κ1) is 11.8. The Bertz CT molecular complexity index is 306. The molecule has 1 saturated heterocycles. The van der Waals surface area contributed by atoms with Gasteiger partial charge < -0.3 is 10.2 Å². The van der Waals surface area contributed by atoms with Gasteiger partial charge in [0, 0.05) is 14.1 Å². The third-order valence-electron chi connectivity index (χ3n) is 2.25. The van der Waals surface area contributed by atoms with Crippen LogP contribution in [0.5, 0.6) is 0 Å². The van der Waals surface area contributed by atoms with E-state index in [1.54, 1.807) is 0 Å². The quantitative estimate of drug-likeness (QED) is 0.659. The second-order valence-corrected chi connectivity index (χ2v) is 3.53. The van der Waals surface area contributed by atoms with Crippen molar-refractivity contribution in [3.8, 4) is 0 Å². The maximum atomic E-state index is 11.5. The Hall–Kier alpha value is -1.30. The molecule has 0 radical (unpaired) electrons. The largest absolute Gasteiger partial charge is 0.334 e. The SMILES string of the molecule is CN1C(=O)CC(NC(=O)CCl)N(C)C1=O. The van der Waals surface area contributed by atoms with Crippen LogP contribution in [0.2, 0.25) is 0 Å². The summed E-state index contributed by atoms with van der Waals surface area (Å²) < 4.78 is 0. The van der Waals surface area contributed by atoms with Crippen molar-refractivity contribution in [1.82, 2.24) is 15.1 Å². The van der Waals surface area contributed by atoms with Crippen LogP contribution in [0.4, 0.5) is 4.79 Å². The Morgan fingerprint density at radius 3 is 2.67 bits per heavy atom. The van der Waals surface area contributed by atoms with E-state index in [0.717, 1.165) is 4.90 Å². The zero-order chi connectivity index (χ0) is 11.6. The summed E-state index contributed by atoms with van der Waals surface area (Å²) in [7, 11) is 2.92. The number of hydrogen-bond donors (Lipinski definition) is 1. The maximum absolute atomic E-state index is 11.5. The molecule has 0 bridgehead atoms. The highest BCUT2D eigenvalue weighted by Gasteiger charge is 2.34. The van der Waals surface area contributed by atoms with Crippen molar-refractivity contribution in [2.45, 2.75) is 12.6 Å². The summed E-state index contributed by atoms with van der Waals surface area (Å²) in [5, 5.41) is 2.49. The maximum Gasteiger partial charge on any atom is 0.327 e. The average molecular weight is 234 g/mol. The molecule has 0 aromatic rings. The molecule has 1 fully saturated rings. The monoisotopic (exact) mass is 233 g/mol. The van der Waals surface area contributed by atoms with Crippen LogP contribution in [0.1, 0.15) is 6.42 Å². The van der Waals surface area contributed by atoms with Gasteiger partial charge >= 0.3 is 6.03 Å². The van der Waals surface area contributed by atoms with Crippen molar-refractivity contribution >= 4 is 29.4 Å². The van der Waals surface area contributed by atoms with E-state index in [9.17, 15) is 14.4 Å². The summed E-state index contributed by atoms with van der Waals surface area (Å²) in [5.74, 6) is -0.917. The molecule has 0 aromatic heterocycles. The molecule has 84 valence electrons. The van der Waals surface area contributed by atoms with E-state index >= 15 is 0 Å². The number of nitrogens with one attached hydrogen (secondary N) is 1. The minimum Gasteiger partial charge on any atom is -0.334 e. The molecular weight excluding hydrogens is 222 g/mol. The third kappa shape index (κ3) is 2.38. The lowest BCUT2D eigenvalue weighted by Gasteiger charge is -2.36. The van der Waals surface area contributed by atoms with Crippen LogP contribution in [0.15, 0.2) is 0 Å². The summed E-state index contributed by atoms with van der Waals surface area (Å²) in [4.78, 5) is 36.1. The number of amides is 4. The standard InChI is InChI=1S/C8H12ClN3O3/c1-11-5(10-6(13)4-9)3-7(14)12(2)8(11)15/h5H,3-4H2,1-2H3,(H,10,13). The predicted molar refractivity (Wildman–Crippen MR) is 53.2 cm³/mol. The van der Waals surface area contributed by atoms with Gasteiger partial charge in [0.1, 0.15) is 12.0 Å². The van der Waals surface area contributed by atoms with E-state index in [1.165, 1.54) is 19.0 Å². The number of alkyl halides is 1. The van der Waals surface area contributed by atoms with Crippen LogP contribution in [0.3, 0.4) is 0 Å². The molecule has 0 aromatic carbocycles. The summed E-state index contributed by atoms with van der Waals surface area (Å²) in [6.07, 6.45) is -0.533. The van der Waals surface area contributed by atoms with Gasteiger partial charge in [0.25, 0.3) is 0 Å². The lowest BCUT2D eigenvalue weighted by atomic mass is 10.2. The third-order valence-corrected chi connectivity index (χ3v) is 2.49. The molecule has 1 N–H and O–H groups in total. The average Bonchev–Trinajstić information content (AvgIpc) is 2.22. The van der Waals surface area contributed by atoms with Gasteiger partial charge in [-0.2, -0.15) is 0 Å². The number of carbonyl (C=O) groups excluding carboxylic acids is 3. The second kappa shape index (κ2) is 4.48. The van der Waals surface area contributed by atoms with Gasteiger partial charge in [0.05, 0.1) is 6.42 Å². The molecule has 4 amide bonds. The molecule has 1 aliphatic rings. The summed E-state index contributed by atoms with van der Waals surface area (Å²) in [6, 6.07) is -0.439. The predicted octanol–water partition coefficient (Wildman–Crippen LogP) is -0.419. The first-order valence-electron chi connectivity index (χ1n) is 4.36. The number of hydrogen-bond acceptors (Lipinski definition) is 3. The Labute approximate surface area is 92.1 Å². The Kier molecular flexibility index (Phi) is 3.52. The molecule has 7 heteroatoms. The van der Waals surface area contributed by atoms with E-state index in [0.29, 0.717) is 0 Å². The van der Waals surface area contributed by atoms with Crippen LogP contribution >= 0.6 is 11.6 Å². The molecular formula is C8H12ClN3O3. The van der Waals surface area contributed by atoms with Crippen molar-refractivity contribution in [1.29, 1.82) is 0 Å². The molecule has 1 aliphatic heterocycles. The van der Waals surface area contributed by atoms with E-state index in [-0.39, 0.29) is 18.2 Å². The van der Waals surface area contributed by atoms with Gasteiger partial charge in [-0.1, -0.05) is 0 Å². The minimum atomic E-state index is -0.604. The molecule has 0 spiro atoms. The zero-order valence-electron chi connectivity index (χ0n) is 8.49. The molecule has 6 nitrogen and oxygen atoms in total. The van der Waals surface area contributed by atoms with Gasteiger partial charge in [-0.25, -0.2) is 4.79 Å². The van der Waals surface area contributed by atoms with Crippen molar-refractivity contribution in [2.24, 2.45) is 0 Å². The number of carbonyl (C=O) groups is 3. The topological polar surface area (TPSA) is 69.7 Å². The second-order valence-electron chi connectivity index (χ2n) is 3.27. The van der Waals surface area contributed by atoms with E-state index in [1.807, 2.05) is 0 Å². The fourth-order valence-electron chi connectivity index (χ4n) is 1.29. The summed E-state index contributed by atoms with van der Waals surface area (Å²) >= 11 is 5.31. The molecule has 15 heavy (non-hydrogen) atoms. The van der Waals surface area contributed by atoms with Gasteiger partial charge in [-0.15, -0.1) is 11.6 Å². The van der Waals surface area contributed by atoms with Gasteiger partial charge in [-0.05, 0) is 0 Å². The van der Waals surface area contributed by atoms with Crippen LogP contribution < -0.4 is 5.32 Å². The number of nitrogens with zero attached hydrogens (tertiary/aromatic N) is 2. The normalized spacial score (nSPS) is 21.9. The minimum absolute atomic E-state index is 0.0708. The highest BCUT2D eigenvalue weighted by atomic mass is 35.5. The van der Waals surface area contributed by atoms with Gasteiger partial charge in [0.2, 0.25) is 11.8 Å². The number of urea groups is 1. The van der Waals surface area contributed by atoms with E-state index in [2.05, 4.69) is 5.32 Å². The Morgan fingerprint density at radius 2 is 2.13 bits per heavy atom. The fourth-order valence-corrected chi connectivity index (χ4v) is 1.37. The van der Waals surface area contributed by atoms with Crippen LogP contribution in [0.25, 0.3) is 0 Å². The van der Waals surface area contributed by atoms with Crippen molar-refractivity contribution in [3.63, 3.8) is 0 Å². The van der Waals surface area contributed by atoms with Crippen LogP contribution in [-0.2, 0) is 9.59 Å². The highest BCUT2D eigenvalue weighted by Crippen LogP contribution is 2.11. The molecule has 1 rings (SSSR count). The molecule has 0 saturated carbocycles.